The van der Waals surface area contributed by atoms with Crippen molar-refractivity contribution < 1.29 is 17.9 Å². The molecule has 0 radical (unpaired) electrons. The average Bonchev–Trinajstić information content (AvgIpc) is 2.64. The van der Waals surface area contributed by atoms with E-state index in [1.54, 1.807) is 18.0 Å². The maximum atomic E-state index is 13.7. The Kier molecular flexibility index (Phi) is 5.67. The quantitative estimate of drug-likeness (QED) is 0.790. The van der Waals surface area contributed by atoms with Crippen LogP contribution in [0.5, 0.6) is 5.75 Å². The first-order valence-electron chi connectivity index (χ1n) is 8.91. The van der Waals surface area contributed by atoms with Gasteiger partial charge in [-0.2, -0.15) is 18.2 Å². The van der Waals surface area contributed by atoms with Gasteiger partial charge in [-0.05, 0) is 38.4 Å². The molecule has 29 heavy (non-hydrogen) atoms. The number of aliphatic imine (C=N–C) groups is 1. The van der Waals surface area contributed by atoms with Crippen LogP contribution in [0.25, 0.3) is 11.3 Å². The Morgan fingerprint density at radius 1 is 1.21 bits per heavy atom. The Balaban J connectivity index is 2.11. The third-order valence-electron chi connectivity index (χ3n) is 4.61. The van der Waals surface area contributed by atoms with Crippen molar-refractivity contribution in [3.8, 4) is 17.0 Å². The first-order valence-corrected chi connectivity index (χ1v) is 8.91. The van der Waals surface area contributed by atoms with Gasteiger partial charge < -0.3 is 26.0 Å². The fourth-order valence-corrected chi connectivity index (χ4v) is 2.95. The Hall–Kier alpha value is -2.85. The maximum absolute atomic E-state index is 13.7. The lowest BCUT2D eigenvalue weighted by molar-refractivity contribution is -0.137. The number of aromatic nitrogens is 1. The second kappa shape index (κ2) is 7.88. The van der Waals surface area contributed by atoms with Gasteiger partial charge in [0.2, 0.25) is 0 Å². The van der Waals surface area contributed by atoms with Crippen molar-refractivity contribution >= 4 is 11.8 Å². The van der Waals surface area contributed by atoms with Gasteiger partial charge >= 0.3 is 6.18 Å². The second-order valence-corrected chi connectivity index (χ2v) is 6.96. The predicted octanol–water partition coefficient (Wildman–Crippen LogP) is 2.56. The van der Waals surface area contributed by atoms with Crippen LogP contribution in [-0.4, -0.2) is 55.0 Å². The van der Waals surface area contributed by atoms with Gasteiger partial charge in [-0.1, -0.05) is 6.07 Å². The van der Waals surface area contributed by atoms with Crippen LogP contribution in [0.2, 0.25) is 0 Å². The van der Waals surface area contributed by atoms with Crippen LogP contribution in [0, 0.1) is 0 Å². The molecule has 0 spiro atoms. The van der Waals surface area contributed by atoms with Gasteiger partial charge in [-0.25, -0.2) is 4.98 Å². The van der Waals surface area contributed by atoms with Crippen LogP contribution in [0.15, 0.2) is 35.3 Å². The molecular formula is C19H23F3N6O. The van der Waals surface area contributed by atoms with E-state index in [0.717, 1.165) is 6.07 Å². The molecule has 1 aliphatic heterocycles. The number of nitrogens with zero attached hydrogens (tertiary/aromatic N) is 4. The molecule has 1 atom stereocenters. The number of hydrogen-bond donors (Lipinski definition) is 2. The van der Waals surface area contributed by atoms with Gasteiger partial charge in [0.15, 0.2) is 11.8 Å². The van der Waals surface area contributed by atoms with Crippen molar-refractivity contribution in [2.24, 2.45) is 16.5 Å². The van der Waals surface area contributed by atoms with Crippen LogP contribution in [-0.2, 0) is 6.18 Å². The molecule has 0 amide bonds. The van der Waals surface area contributed by atoms with E-state index in [2.05, 4.69) is 9.98 Å². The van der Waals surface area contributed by atoms with Gasteiger partial charge in [0.1, 0.15) is 18.5 Å². The lowest BCUT2D eigenvalue weighted by atomic mass is 10.0. The molecule has 2 aromatic rings. The SMILES string of the molecule is CN(C)CCOc1cccc(C(F)(F)F)c1-c1ccc2c(n1)N=C(N)N(C)C2N. The van der Waals surface area contributed by atoms with Crippen LogP contribution in [0.3, 0.4) is 0 Å². The first kappa shape index (κ1) is 20.9. The number of hydrogen-bond acceptors (Lipinski definition) is 7. The van der Waals surface area contributed by atoms with Crippen molar-refractivity contribution in [3.63, 3.8) is 0 Å². The second-order valence-electron chi connectivity index (χ2n) is 6.96. The maximum Gasteiger partial charge on any atom is 0.417 e. The zero-order valence-electron chi connectivity index (χ0n) is 16.4. The van der Waals surface area contributed by atoms with Crippen molar-refractivity contribution in [2.45, 2.75) is 12.3 Å². The van der Waals surface area contributed by atoms with E-state index in [1.165, 1.54) is 18.2 Å². The average molecular weight is 408 g/mol. The van der Waals surface area contributed by atoms with Crippen LogP contribution < -0.4 is 16.2 Å². The third kappa shape index (κ3) is 4.28. The zero-order chi connectivity index (χ0) is 21.3. The van der Waals surface area contributed by atoms with Crippen molar-refractivity contribution in [2.75, 3.05) is 34.3 Å². The van der Waals surface area contributed by atoms with Crippen LogP contribution >= 0.6 is 0 Å². The number of likely N-dealkylation sites (N-methyl/N-ethyl adjacent to an activating group) is 1. The number of guanidine groups is 1. The normalized spacial score (nSPS) is 16.6. The summed E-state index contributed by atoms with van der Waals surface area (Å²) in [7, 11) is 5.38. The highest BCUT2D eigenvalue weighted by molar-refractivity contribution is 5.84. The Morgan fingerprint density at radius 2 is 1.93 bits per heavy atom. The summed E-state index contributed by atoms with van der Waals surface area (Å²) in [6.07, 6.45) is -5.16. The Bertz CT molecular complexity index is 929. The molecule has 0 aliphatic carbocycles. The molecule has 10 heteroatoms. The fraction of sp³-hybridized carbons (Fsp3) is 0.368. The number of alkyl halides is 3. The molecule has 1 unspecified atom stereocenters. The summed E-state index contributed by atoms with van der Waals surface area (Å²) in [5, 5.41) is 0. The molecule has 1 aromatic carbocycles. The van der Waals surface area contributed by atoms with E-state index in [4.69, 9.17) is 16.2 Å². The fourth-order valence-electron chi connectivity index (χ4n) is 2.95. The molecule has 156 valence electrons. The lowest BCUT2D eigenvalue weighted by Crippen LogP contribution is -2.43. The molecule has 0 bridgehead atoms. The molecule has 2 heterocycles. The summed E-state index contributed by atoms with van der Waals surface area (Å²) in [4.78, 5) is 11.9. The summed E-state index contributed by atoms with van der Waals surface area (Å²) >= 11 is 0. The molecular weight excluding hydrogens is 385 g/mol. The molecule has 0 saturated heterocycles. The van der Waals surface area contributed by atoms with Gasteiger partial charge in [-0.3, -0.25) is 0 Å². The van der Waals surface area contributed by atoms with E-state index in [-0.39, 0.29) is 35.4 Å². The minimum atomic E-state index is -4.58. The molecule has 0 saturated carbocycles. The summed E-state index contributed by atoms with van der Waals surface area (Å²) in [5.41, 5.74) is 11.6. The molecule has 3 rings (SSSR count). The summed E-state index contributed by atoms with van der Waals surface area (Å²) in [5.74, 6) is 0.436. The van der Waals surface area contributed by atoms with Crippen molar-refractivity contribution in [1.29, 1.82) is 0 Å². The van der Waals surface area contributed by atoms with E-state index in [9.17, 15) is 13.2 Å². The van der Waals surface area contributed by atoms with Crippen molar-refractivity contribution in [1.82, 2.24) is 14.8 Å². The summed E-state index contributed by atoms with van der Waals surface area (Å²) < 4.78 is 46.8. The minimum absolute atomic E-state index is 0.0878. The van der Waals surface area contributed by atoms with Crippen LogP contribution in [0.1, 0.15) is 17.3 Å². The molecule has 1 aromatic heterocycles. The number of benzene rings is 1. The first-order chi connectivity index (χ1) is 13.6. The van der Waals surface area contributed by atoms with Crippen molar-refractivity contribution in [3.05, 3.63) is 41.5 Å². The molecule has 0 fully saturated rings. The number of halogens is 3. The van der Waals surface area contributed by atoms with Crippen LogP contribution in [0.4, 0.5) is 19.0 Å². The van der Waals surface area contributed by atoms with E-state index >= 15 is 0 Å². The lowest BCUT2D eigenvalue weighted by Gasteiger charge is -2.30. The smallest absolute Gasteiger partial charge is 0.417 e. The van der Waals surface area contributed by atoms with Gasteiger partial charge in [-0.15, -0.1) is 0 Å². The van der Waals surface area contributed by atoms with E-state index < -0.39 is 17.9 Å². The highest BCUT2D eigenvalue weighted by Crippen LogP contribution is 2.43. The largest absolute Gasteiger partial charge is 0.492 e. The number of ether oxygens (including phenoxy) is 1. The Morgan fingerprint density at radius 3 is 2.59 bits per heavy atom. The monoisotopic (exact) mass is 408 g/mol. The highest BCUT2D eigenvalue weighted by atomic mass is 19.4. The van der Waals surface area contributed by atoms with Gasteiger partial charge in [0.05, 0.1) is 16.8 Å². The standard InChI is InChI=1S/C19H23F3N6O/c1-27(2)9-10-29-14-6-4-5-12(19(20,21)22)15(14)13-8-7-11-16(23)28(3)18(24)26-17(11)25-13/h4-8,16H,9-10,23H2,1-3H3,(H2,24,25,26). The Labute approximate surface area is 166 Å². The molecule has 1 aliphatic rings. The number of pyridine rings is 1. The van der Waals surface area contributed by atoms with E-state index in [1.807, 2.05) is 19.0 Å². The number of rotatable bonds is 5. The minimum Gasteiger partial charge on any atom is -0.492 e. The van der Waals surface area contributed by atoms with Gasteiger partial charge in [0, 0.05) is 19.2 Å². The number of nitrogens with two attached hydrogens (primary N) is 2. The molecule has 7 nitrogen and oxygen atoms in total. The highest BCUT2D eigenvalue weighted by Gasteiger charge is 2.36. The molecule has 4 N–H and O–H groups in total. The topological polar surface area (TPSA) is 93.0 Å². The van der Waals surface area contributed by atoms with Gasteiger partial charge in [0.25, 0.3) is 0 Å². The summed E-state index contributed by atoms with van der Waals surface area (Å²) in [6.45, 7) is 0.780. The number of fused-ring (bicyclic) bond motifs is 1. The predicted molar refractivity (Wildman–Crippen MR) is 105 cm³/mol. The van der Waals surface area contributed by atoms with E-state index in [0.29, 0.717) is 12.1 Å². The zero-order valence-corrected chi connectivity index (χ0v) is 16.4. The third-order valence-corrected chi connectivity index (χ3v) is 4.61. The summed E-state index contributed by atoms with van der Waals surface area (Å²) in [6, 6.07) is 6.93.